The van der Waals surface area contributed by atoms with Crippen LogP contribution >= 0.6 is 0 Å². The lowest BCUT2D eigenvalue weighted by atomic mass is 9.54. The van der Waals surface area contributed by atoms with Gasteiger partial charge < -0.3 is 14.7 Å². The van der Waals surface area contributed by atoms with Crippen LogP contribution in [0.1, 0.15) is 125 Å². The van der Waals surface area contributed by atoms with E-state index >= 15 is 0 Å². The Labute approximate surface area is 365 Å². The SMILES string of the molecule is CCCCCC12CCC(c3ccccc31)c1ccccc12.CN1CCC2=C(C1)c1ccccc1Cc1ccccc12.CN1CCN2c3ccccc3Cc3ccccc3C2C1. The van der Waals surface area contributed by atoms with E-state index in [2.05, 4.69) is 181 Å². The number of nitrogens with zero attached hydrogens (tertiary/aromatic N) is 3. The molecule has 6 aromatic carbocycles. The summed E-state index contributed by atoms with van der Waals surface area (Å²) in [5, 5.41) is 0. The number of para-hydroxylation sites is 1. The van der Waals surface area contributed by atoms with E-state index < -0.39 is 0 Å². The number of piperazine rings is 1. The lowest BCUT2D eigenvalue weighted by Gasteiger charge is -2.50. The van der Waals surface area contributed by atoms with Crippen LogP contribution in [0.4, 0.5) is 5.69 Å². The maximum atomic E-state index is 2.61. The van der Waals surface area contributed by atoms with Crippen LogP contribution in [-0.4, -0.2) is 56.6 Å². The highest BCUT2D eigenvalue weighted by atomic mass is 15.3. The van der Waals surface area contributed by atoms with Gasteiger partial charge in [-0.3, -0.25) is 0 Å². The molecule has 2 bridgehead atoms. The maximum absolute atomic E-state index is 2.61. The number of hydrogen-bond acceptors (Lipinski definition) is 3. The van der Waals surface area contributed by atoms with Crippen molar-refractivity contribution in [1.82, 2.24) is 9.80 Å². The van der Waals surface area contributed by atoms with Gasteiger partial charge in [0.15, 0.2) is 0 Å². The number of anilines is 1. The fourth-order valence-corrected chi connectivity index (χ4v) is 12.1. The number of fused-ring (bicyclic) bond motifs is 10. The zero-order chi connectivity index (χ0) is 41.3. The molecule has 0 N–H and O–H groups in total. The summed E-state index contributed by atoms with van der Waals surface area (Å²) in [6.45, 7) is 7.91. The Morgan fingerprint density at radius 1 is 0.541 bits per heavy atom. The van der Waals surface area contributed by atoms with Gasteiger partial charge in [-0.25, -0.2) is 0 Å². The highest BCUT2D eigenvalue weighted by Gasteiger charge is 2.47. The molecule has 3 heteroatoms. The van der Waals surface area contributed by atoms with Crippen LogP contribution in [0, 0.1) is 0 Å². The molecule has 1 unspecified atom stereocenters. The van der Waals surface area contributed by atoms with Crippen molar-refractivity contribution in [3.8, 4) is 0 Å². The Morgan fingerprint density at radius 2 is 1.11 bits per heavy atom. The summed E-state index contributed by atoms with van der Waals surface area (Å²) < 4.78 is 0. The molecule has 0 aromatic heterocycles. The number of unbranched alkanes of at least 4 members (excludes halogenated alkanes) is 2. The molecule has 61 heavy (non-hydrogen) atoms. The molecule has 1 fully saturated rings. The van der Waals surface area contributed by atoms with Crippen LogP contribution in [0.5, 0.6) is 0 Å². The van der Waals surface area contributed by atoms with Crippen LogP contribution in [0.15, 0.2) is 146 Å². The normalized spacial score (nSPS) is 21.8. The molecule has 0 amide bonds. The zero-order valence-electron chi connectivity index (χ0n) is 36.8. The van der Waals surface area contributed by atoms with Gasteiger partial charge in [-0.1, -0.05) is 166 Å². The minimum absolute atomic E-state index is 0.303. The standard InChI is InChI=1S/C21H24.C19H19N.C18H20N2/c1-2-3-8-14-21-15-13-16(17-9-4-6-11-19(17)21)18-10-5-7-12-20(18)21;1-20-11-10-18-16-8-4-2-6-14(16)12-15-7-3-5-9-17(15)19(18)13-20;1-19-10-11-20-17-9-5-3-7-15(17)12-14-6-2-4-8-16(14)18(20)13-19/h4-7,9-12,16H,2-3,8,13-15H2,1H3;2-9H,10-13H2,1H3;2-9,18H,10-13H2,1H3. The number of likely N-dealkylation sites (N-methyl/N-ethyl adjacent to an activating group) is 2. The maximum Gasteiger partial charge on any atom is 0.0672 e. The molecule has 13 rings (SSSR count). The molecule has 7 aliphatic rings. The molecule has 0 radical (unpaired) electrons. The predicted octanol–water partition coefficient (Wildman–Crippen LogP) is 12.7. The second-order valence-electron chi connectivity index (χ2n) is 18.7. The van der Waals surface area contributed by atoms with Crippen molar-refractivity contribution in [3.63, 3.8) is 0 Å². The number of benzene rings is 6. The van der Waals surface area contributed by atoms with Crippen molar-refractivity contribution < 1.29 is 0 Å². The molecule has 3 nitrogen and oxygen atoms in total. The minimum Gasteiger partial charge on any atom is -0.362 e. The first kappa shape index (κ1) is 39.9. The largest absolute Gasteiger partial charge is 0.362 e. The Balaban J connectivity index is 0.000000110. The second-order valence-corrected chi connectivity index (χ2v) is 18.7. The van der Waals surface area contributed by atoms with E-state index in [4.69, 9.17) is 0 Å². The van der Waals surface area contributed by atoms with Crippen LogP contribution in [0.3, 0.4) is 0 Å². The Hall–Kier alpha value is -5.22. The van der Waals surface area contributed by atoms with Crippen molar-refractivity contribution in [1.29, 1.82) is 0 Å². The molecule has 310 valence electrons. The quantitative estimate of drug-likeness (QED) is 0.164. The van der Waals surface area contributed by atoms with Gasteiger partial charge in [0.05, 0.1) is 6.04 Å². The average Bonchev–Trinajstić information content (AvgIpc) is 3.54. The lowest BCUT2D eigenvalue weighted by Crippen LogP contribution is -2.46. The topological polar surface area (TPSA) is 9.72 Å². The summed E-state index contributed by atoms with van der Waals surface area (Å²) in [5.41, 5.74) is 21.7. The number of rotatable bonds is 4. The van der Waals surface area contributed by atoms with E-state index in [0.717, 1.165) is 52.0 Å². The molecule has 6 aromatic rings. The molecule has 1 saturated heterocycles. The average molecular weight is 802 g/mol. The van der Waals surface area contributed by atoms with Crippen molar-refractivity contribution in [2.24, 2.45) is 0 Å². The zero-order valence-corrected chi connectivity index (χ0v) is 36.8. The van der Waals surface area contributed by atoms with Crippen LogP contribution in [-0.2, 0) is 18.3 Å². The van der Waals surface area contributed by atoms with E-state index in [-0.39, 0.29) is 0 Å². The molecule has 0 saturated carbocycles. The van der Waals surface area contributed by atoms with Gasteiger partial charge in [-0.05, 0) is 131 Å². The van der Waals surface area contributed by atoms with Gasteiger partial charge in [0.2, 0.25) is 0 Å². The first-order chi connectivity index (χ1) is 30.0. The van der Waals surface area contributed by atoms with Gasteiger partial charge in [-0.15, -0.1) is 0 Å². The van der Waals surface area contributed by atoms with Crippen molar-refractivity contribution in [2.75, 3.05) is 51.7 Å². The summed E-state index contributed by atoms with van der Waals surface area (Å²) in [4.78, 5) is 7.50. The summed E-state index contributed by atoms with van der Waals surface area (Å²) in [7, 11) is 4.46. The Kier molecular flexibility index (Phi) is 11.3. The molecule has 1 atom stereocenters. The summed E-state index contributed by atoms with van der Waals surface area (Å²) in [6.07, 6.45) is 11.3. The fourth-order valence-electron chi connectivity index (χ4n) is 12.1. The highest BCUT2D eigenvalue weighted by molar-refractivity contribution is 5.95. The predicted molar refractivity (Wildman–Crippen MR) is 257 cm³/mol. The third kappa shape index (κ3) is 7.49. The van der Waals surface area contributed by atoms with E-state index in [1.165, 1.54) is 83.2 Å². The van der Waals surface area contributed by atoms with E-state index in [1.807, 2.05) is 0 Å². The highest BCUT2D eigenvalue weighted by Crippen LogP contribution is 2.58. The monoisotopic (exact) mass is 802 g/mol. The first-order valence-electron chi connectivity index (χ1n) is 23.4. The van der Waals surface area contributed by atoms with Gasteiger partial charge >= 0.3 is 0 Å². The van der Waals surface area contributed by atoms with Crippen molar-refractivity contribution in [2.45, 2.75) is 82.1 Å². The van der Waals surface area contributed by atoms with Gasteiger partial charge in [-0.2, -0.15) is 0 Å². The van der Waals surface area contributed by atoms with E-state index in [1.54, 1.807) is 33.4 Å². The van der Waals surface area contributed by atoms with Gasteiger partial charge in [0.25, 0.3) is 0 Å². The van der Waals surface area contributed by atoms with Gasteiger partial charge in [0, 0.05) is 49.7 Å². The van der Waals surface area contributed by atoms with E-state index in [9.17, 15) is 0 Å². The summed E-state index contributed by atoms with van der Waals surface area (Å²) in [5.74, 6) is 0.644. The Morgan fingerprint density at radius 3 is 1.82 bits per heavy atom. The molecule has 0 spiro atoms. The van der Waals surface area contributed by atoms with Crippen LogP contribution in [0.2, 0.25) is 0 Å². The smallest absolute Gasteiger partial charge is 0.0672 e. The molecular weight excluding hydrogens is 739 g/mol. The van der Waals surface area contributed by atoms with Crippen LogP contribution in [0.25, 0.3) is 11.1 Å². The summed E-state index contributed by atoms with van der Waals surface area (Å²) in [6, 6.07) is 54.7. The first-order valence-corrected chi connectivity index (χ1v) is 23.4. The van der Waals surface area contributed by atoms with Crippen molar-refractivity contribution >= 4 is 16.8 Å². The number of hydrogen-bond donors (Lipinski definition) is 0. The fraction of sp³-hybridized carbons (Fsp3) is 0.345. The lowest BCUT2D eigenvalue weighted by molar-refractivity contribution is 0.269. The van der Waals surface area contributed by atoms with Crippen molar-refractivity contribution in [3.05, 3.63) is 207 Å². The Bertz CT molecular complexity index is 2500. The molecular formula is C58H63N3. The molecule has 3 heterocycles. The van der Waals surface area contributed by atoms with Crippen LogP contribution < -0.4 is 4.90 Å². The third-order valence-electron chi connectivity index (χ3n) is 15.1. The summed E-state index contributed by atoms with van der Waals surface area (Å²) >= 11 is 0. The molecule has 3 aliphatic heterocycles. The molecule has 4 aliphatic carbocycles. The second kappa shape index (κ2) is 17.3. The van der Waals surface area contributed by atoms with E-state index in [0.29, 0.717) is 17.4 Å². The minimum atomic E-state index is 0.303. The van der Waals surface area contributed by atoms with Gasteiger partial charge in [0.1, 0.15) is 0 Å². The third-order valence-corrected chi connectivity index (χ3v) is 15.1.